The molecule has 0 amide bonds. The second kappa shape index (κ2) is 9.89. The van der Waals surface area contributed by atoms with Gasteiger partial charge < -0.3 is 10.2 Å². The quantitative estimate of drug-likeness (QED) is 0.215. The van der Waals surface area contributed by atoms with Gasteiger partial charge in [-0.05, 0) is 59.2 Å². The van der Waals surface area contributed by atoms with Gasteiger partial charge in [-0.15, -0.1) is 5.10 Å². The van der Waals surface area contributed by atoms with Gasteiger partial charge in [0.15, 0.2) is 6.20 Å². The van der Waals surface area contributed by atoms with Gasteiger partial charge in [0.05, 0.1) is 17.3 Å². The summed E-state index contributed by atoms with van der Waals surface area (Å²) in [6, 6.07) is 18.3. The average Bonchev–Trinajstić information content (AvgIpc) is 3.42. The molecule has 1 saturated carbocycles. The molecule has 3 aromatic heterocycles. The number of imidazole rings is 1. The van der Waals surface area contributed by atoms with Crippen molar-refractivity contribution in [3.63, 3.8) is 0 Å². The fourth-order valence-corrected chi connectivity index (χ4v) is 5.04. The molecule has 1 fully saturated rings. The van der Waals surface area contributed by atoms with Crippen LogP contribution in [0.25, 0.3) is 28.1 Å². The van der Waals surface area contributed by atoms with Gasteiger partial charge in [-0.1, -0.05) is 48.2 Å². The summed E-state index contributed by atoms with van der Waals surface area (Å²) in [5, 5.41) is 34.9. The number of hydrogen-bond donors (Lipinski definition) is 1. The molecule has 1 aliphatic rings. The summed E-state index contributed by atoms with van der Waals surface area (Å²) in [5.74, 6) is 0.897. The van der Waals surface area contributed by atoms with Crippen LogP contribution < -0.4 is 4.73 Å². The van der Waals surface area contributed by atoms with E-state index in [0.29, 0.717) is 50.1 Å². The molecule has 6 rings (SSSR count). The van der Waals surface area contributed by atoms with E-state index in [9.17, 15) is 5.21 Å². The van der Waals surface area contributed by atoms with E-state index in [4.69, 9.17) is 33.4 Å². The van der Waals surface area contributed by atoms with E-state index in [2.05, 4.69) is 26.6 Å². The van der Waals surface area contributed by atoms with Gasteiger partial charge in [0, 0.05) is 27.8 Å². The molecule has 0 aliphatic heterocycles. The topological polar surface area (TPSA) is 123 Å². The third kappa shape index (κ3) is 4.72. The Labute approximate surface area is 227 Å². The first kappa shape index (κ1) is 24.1. The summed E-state index contributed by atoms with van der Waals surface area (Å²) in [7, 11) is 0. The van der Waals surface area contributed by atoms with Crippen molar-refractivity contribution < 1.29 is 4.73 Å². The molecule has 1 atom stereocenters. The zero-order valence-electron chi connectivity index (χ0n) is 19.9. The first-order valence-corrected chi connectivity index (χ1v) is 12.8. The van der Waals surface area contributed by atoms with E-state index in [1.54, 1.807) is 30.5 Å². The van der Waals surface area contributed by atoms with Gasteiger partial charge in [0.2, 0.25) is 5.69 Å². The number of aromatic nitrogens is 7. The number of H-pyrrole nitrogens is 1. The lowest BCUT2D eigenvalue weighted by Gasteiger charge is -2.16. The maximum absolute atomic E-state index is 13.5. The van der Waals surface area contributed by atoms with Crippen molar-refractivity contribution in [1.29, 1.82) is 5.26 Å². The predicted octanol–water partition coefficient (Wildman–Crippen LogP) is 5.46. The maximum atomic E-state index is 13.5. The van der Waals surface area contributed by atoms with Gasteiger partial charge in [-0.3, -0.25) is 0 Å². The van der Waals surface area contributed by atoms with Crippen LogP contribution in [0.2, 0.25) is 10.2 Å². The molecule has 1 aliphatic carbocycles. The smallest absolute Gasteiger partial charge is 0.203 e. The van der Waals surface area contributed by atoms with Crippen LogP contribution in [0.15, 0.2) is 67.1 Å². The Bertz CT molecular complexity index is 1650. The van der Waals surface area contributed by atoms with Crippen molar-refractivity contribution in [3.05, 3.63) is 99.6 Å². The standard InChI is InChI=1S/C27H20Cl2N8O/c28-20-8-10-23(36-15-31-34-35-36)21(12-20)19-7-9-24(37(38)14-19)22(11-16-1-2-16)27-32-25(26(29)33-27)18-5-3-17(13-30)4-6-18/h3-10,12,14-16,22H,1-2,11H2,(H,32,33). The molecule has 11 heteroatoms. The SMILES string of the molecule is N#Cc1ccc(-c2nc(C(CC3CC3)c3ccc(-c4cc(Cl)ccc4-n4cnnn4)c[n+]3[O-])[nH]c2Cl)cc1. The second-order valence-electron chi connectivity index (χ2n) is 9.29. The fourth-order valence-electron chi connectivity index (χ4n) is 4.62. The van der Waals surface area contributed by atoms with Gasteiger partial charge >= 0.3 is 0 Å². The molecule has 1 unspecified atom stereocenters. The molecule has 188 valence electrons. The normalized spacial score (nSPS) is 13.8. The van der Waals surface area contributed by atoms with Crippen molar-refractivity contribution >= 4 is 23.2 Å². The van der Waals surface area contributed by atoms with Gasteiger partial charge in [0.1, 0.15) is 28.9 Å². The molecular formula is C27H20Cl2N8O. The molecule has 3 heterocycles. The molecule has 0 bridgehead atoms. The number of pyridine rings is 1. The van der Waals surface area contributed by atoms with Crippen LogP contribution in [-0.4, -0.2) is 30.2 Å². The Morgan fingerprint density at radius 1 is 1.11 bits per heavy atom. The third-order valence-corrected chi connectivity index (χ3v) is 7.24. The maximum Gasteiger partial charge on any atom is 0.203 e. The Morgan fingerprint density at radius 3 is 2.58 bits per heavy atom. The fraction of sp³-hybridized carbons (Fsp3) is 0.185. The molecule has 5 aromatic rings. The number of benzene rings is 2. The molecule has 0 spiro atoms. The summed E-state index contributed by atoms with van der Waals surface area (Å²) >= 11 is 12.9. The van der Waals surface area contributed by atoms with Crippen LogP contribution in [-0.2, 0) is 0 Å². The van der Waals surface area contributed by atoms with E-state index in [1.807, 2.05) is 30.3 Å². The van der Waals surface area contributed by atoms with Crippen LogP contribution in [0.4, 0.5) is 0 Å². The molecular weight excluding hydrogens is 523 g/mol. The Balaban J connectivity index is 1.38. The highest BCUT2D eigenvalue weighted by Gasteiger charge is 2.34. The number of nitrogens with zero attached hydrogens (tertiary/aromatic N) is 7. The first-order chi connectivity index (χ1) is 18.5. The van der Waals surface area contributed by atoms with E-state index in [-0.39, 0.29) is 5.92 Å². The number of halogens is 2. The number of aromatic amines is 1. The summed E-state index contributed by atoms with van der Waals surface area (Å²) in [4.78, 5) is 8.01. The zero-order valence-corrected chi connectivity index (χ0v) is 21.4. The highest BCUT2D eigenvalue weighted by molar-refractivity contribution is 6.32. The minimum Gasteiger partial charge on any atom is -0.618 e. The van der Waals surface area contributed by atoms with Crippen molar-refractivity contribution in [2.75, 3.05) is 0 Å². The molecule has 38 heavy (non-hydrogen) atoms. The van der Waals surface area contributed by atoms with Gasteiger partial charge in [-0.2, -0.15) is 14.7 Å². The van der Waals surface area contributed by atoms with Crippen LogP contribution >= 0.6 is 23.2 Å². The number of hydrogen-bond acceptors (Lipinski definition) is 6. The molecule has 0 saturated heterocycles. The van der Waals surface area contributed by atoms with E-state index in [0.717, 1.165) is 35.1 Å². The number of nitriles is 1. The van der Waals surface area contributed by atoms with Crippen molar-refractivity contribution in [1.82, 2.24) is 30.2 Å². The summed E-state index contributed by atoms with van der Waals surface area (Å²) in [6.07, 6.45) is 6.07. The van der Waals surface area contributed by atoms with Crippen molar-refractivity contribution in [3.8, 4) is 34.1 Å². The molecule has 9 nitrogen and oxygen atoms in total. The highest BCUT2D eigenvalue weighted by Crippen LogP contribution is 2.41. The van der Waals surface area contributed by atoms with Gasteiger partial charge in [0.25, 0.3) is 0 Å². The minimum absolute atomic E-state index is 0.267. The number of rotatable bonds is 7. The predicted molar refractivity (Wildman–Crippen MR) is 141 cm³/mol. The van der Waals surface area contributed by atoms with Crippen LogP contribution in [0.5, 0.6) is 0 Å². The Kier molecular flexibility index (Phi) is 6.27. The lowest BCUT2D eigenvalue weighted by molar-refractivity contribution is -0.614. The van der Waals surface area contributed by atoms with E-state index < -0.39 is 0 Å². The van der Waals surface area contributed by atoms with Crippen molar-refractivity contribution in [2.24, 2.45) is 5.92 Å². The van der Waals surface area contributed by atoms with Crippen LogP contribution in [0, 0.1) is 22.5 Å². The number of nitrogens with one attached hydrogen (secondary N) is 1. The summed E-state index contributed by atoms with van der Waals surface area (Å²) in [6.45, 7) is 0. The number of tetrazole rings is 1. The minimum atomic E-state index is -0.267. The van der Waals surface area contributed by atoms with Crippen LogP contribution in [0.1, 0.15) is 42.3 Å². The molecule has 2 aromatic carbocycles. The largest absolute Gasteiger partial charge is 0.618 e. The third-order valence-electron chi connectivity index (χ3n) is 6.73. The van der Waals surface area contributed by atoms with Crippen molar-refractivity contribution in [2.45, 2.75) is 25.2 Å². The molecule has 0 radical (unpaired) electrons. The van der Waals surface area contributed by atoms with E-state index >= 15 is 0 Å². The summed E-state index contributed by atoms with van der Waals surface area (Å²) in [5.41, 5.74) is 4.62. The van der Waals surface area contributed by atoms with E-state index in [1.165, 1.54) is 11.0 Å². The zero-order chi connectivity index (χ0) is 26.2. The summed E-state index contributed by atoms with van der Waals surface area (Å²) < 4.78 is 2.42. The lowest BCUT2D eigenvalue weighted by atomic mass is 9.95. The Morgan fingerprint density at radius 2 is 1.89 bits per heavy atom. The van der Waals surface area contributed by atoms with Crippen LogP contribution in [0.3, 0.4) is 0 Å². The first-order valence-electron chi connectivity index (χ1n) is 12.0. The average molecular weight is 543 g/mol. The van der Waals surface area contributed by atoms with Gasteiger partial charge in [-0.25, -0.2) is 4.98 Å². The second-order valence-corrected chi connectivity index (χ2v) is 10.1. The monoisotopic (exact) mass is 542 g/mol. The molecule has 1 N–H and O–H groups in total. The highest BCUT2D eigenvalue weighted by atomic mass is 35.5. The Hall–Kier alpha value is -4.26. The lowest BCUT2D eigenvalue weighted by Crippen LogP contribution is -2.34.